The van der Waals surface area contributed by atoms with Crippen molar-refractivity contribution in [3.8, 4) is 0 Å². The molecule has 0 aliphatic heterocycles. The van der Waals surface area contributed by atoms with Crippen molar-refractivity contribution in [3.05, 3.63) is 17.8 Å². The van der Waals surface area contributed by atoms with E-state index in [9.17, 15) is 0 Å². The molecule has 1 aliphatic carbocycles. The Hall–Kier alpha value is -1.20. The van der Waals surface area contributed by atoms with Crippen LogP contribution in [-0.4, -0.2) is 29.1 Å². The maximum atomic E-state index is 5.75. The van der Waals surface area contributed by atoms with Crippen molar-refractivity contribution in [2.45, 2.75) is 51.0 Å². The van der Waals surface area contributed by atoms with Crippen LogP contribution in [0.2, 0.25) is 0 Å². The van der Waals surface area contributed by atoms with Crippen molar-refractivity contribution in [2.24, 2.45) is 5.73 Å². The average Bonchev–Trinajstić information content (AvgIpc) is 2.84. The van der Waals surface area contributed by atoms with Gasteiger partial charge in [-0.15, -0.1) is 11.3 Å². The number of hydrogen-bond acceptors (Lipinski definition) is 5. The van der Waals surface area contributed by atoms with E-state index in [0.717, 1.165) is 30.8 Å². The fourth-order valence-electron chi connectivity index (χ4n) is 3.27. The summed E-state index contributed by atoms with van der Waals surface area (Å²) in [5.74, 6) is 1.12. The van der Waals surface area contributed by atoms with E-state index in [0.29, 0.717) is 6.04 Å². The Labute approximate surface area is 130 Å². The topological polar surface area (TPSA) is 55.0 Å². The largest absolute Gasteiger partial charge is 0.352 e. The van der Waals surface area contributed by atoms with E-state index in [-0.39, 0.29) is 0 Å². The van der Waals surface area contributed by atoms with E-state index in [2.05, 4.69) is 26.3 Å². The van der Waals surface area contributed by atoms with Crippen molar-refractivity contribution in [2.75, 3.05) is 18.0 Å². The van der Waals surface area contributed by atoms with Crippen LogP contribution < -0.4 is 10.6 Å². The summed E-state index contributed by atoms with van der Waals surface area (Å²) < 4.78 is 1.22. The third-order valence-electron chi connectivity index (χ3n) is 4.37. The molecule has 0 radical (unpaired) electrons. The number of nitrogens with zero attached hydrogens (tertiary/aromatic N) is 3. The molecule has 5 heteroatoms. The number of hydrogen-bond donors (Lipinski definition) is 1. The lowest BCUT2D eigenvalue weighted by molar-refractivity contribution is 0.516. The molecule has 2 aromatic rings. The molecular weight excluding hydrogens is 280 g/mol. The summed E-state index contributed by atoms with van der Waals surface area (Å²) in [5, 5.41) is 2.11. The third-order valence-corrected chi connectivity index (χ3v) is 5.26. The molecule has 0 saturated heterocycles. The highest BCUT2D eigenvalue weighted by Crippen LogP contribution is 2.32. The van der Waals surface area contributed by atoms with Crippen molar-refractivity contribution in [3.63, 3.8) is 0 Å². The van der Waals surface area contributed by atoms with Gasteiger partial charge in [0.05, 0.1) is 10.2 Å². The Kier molecular flexibility index (Phi) is 5.04. The van der Waals surface area contributed by atoms with Gasteiger partial charge in [-0.1, -0.05) is 25.7 Å². The summed E-state index contributed by atoms with van der Waals surface area (Å²) in [6, 6.07) is 2.69. The molecule has 3 rings (SSSR count). The monoisotopic (exact) mass is 304 g/mol. The van der Waals surface area contributed by atoms with Crippen LogP contribution in [0, 0.1) is 0 Å². The predicted molar refractivity (Wildman–Crippen MR) is 89.9 cm³/mol. The van der Waals surface area contributed by atoms with E-state index >= 15 is 0 Å². The van der Waals surface area contributed by atoms with Gasteiger partial charge in [-0.05, 0) is 37.3 Å². The SMILES string of the molecule is NCCCN(c1ncnc2ccsc12)C1CCCCCC1. The van der Waals surface area contributed by atoms with Crippen LogP contribution in [0.25, 0.3) is 10.2 Å². The molecule has 4 nitrogen and oxygen atoms in total. The van der Waals surface area contributed by atoms with Crippen LogP contribution >= 0.6 is 11.3 Å². The van der Waals surface area contributed by atoms with E-state index < -0.39 is 0 Å². The van der Waals surface area contributed by atoms with Gasteiger partial charge < -0.3 is 10.6 Å². The van der Waals surface area contributed by atoms with Crippen molar-refractivity contribution in [1.29, 1.82) is 0 Å². The fraction of sp³-hybridized carbons (Fsp3) is 0.625. The molecule has 0 aromatic carbocycles. The van der Waals surface area contributed by atoms with Crippen molar-refractivity contribution < 1.29 is 0 Å². The van der Waals surface area contributed by atoms with Crippen molar-refractivity contribution >= 4 is 27.4 Å². The maximum Gasteiger partial charge on any atom is 0.150 e. The summed E-state index contributed by atoms with van der Waals surface area (Å²) >= 11 is 1.75. The zero-order valence-electron chi connectivity index (χ0n) is 12.5. The summed E-state index contributed by atoms with van der Waals surface area (Å²) in [6.07, 6.45) is 10.7. The quantitative estimate of drug-likeness (QED) is 0.858. The Balaban J connectivity index is 1.92. The molecule has 1 fully saturated rings. The molecule has 0 unspecified atom stereocenters. The molecule has 1 saturated carbocycles. The highest BCUT2D eigenvalue weighted by atomic mass is 32.1. The van der Waals surface area contributed by atoms with Gasteiger partial charge in [-0.3, -0.25) is 0 Å². The first-order valence-electron chi connectivity index (χ1n) is 8.05. The highest BCUT2D eigenvalue weighted by Gasteiger charge is 2.23. The Bertz CT molecular complexity index is 560. The van der Waals surface area contributed by atoms with Crippen LogP contribution in [0.5, 0.6) is 0 Å². The van der Waals surface area contributed by atoms with E-state index in [1.165, 1.54) is 43.2 Å². The lowest BCUT2D eigenvalue weighted by Gasteiger charge is -2.32. The first-order chi connectivity index (χ1) is 10.4. The summed E-state index contributed by atoms with van der Waals surface area (Å²) in [4.78, 5) is 11.5. The molecule has 0 amide bonds. The molecule has 21 heavy (non-hydrogen) atoms. The second kappa shape index (κ2) is 7.18. The molecule has 0 bridgehead atoms. The van der Waals surface area contributed by atoms with Crippen LogP contribution in [-0.2, 0) is 0 Å². The zero-order chi connectivity index (χ0) is 14.5. The number of fused-ring (bicyclic) bond motifs is 1. The molecule has 0 spiro atoms. The Morgan fingerprint density at radius 3 is 2.76 bits per heavy atom. The van der Waals surface area contributed by atoms with E-state index in [1.807, 2.05) is 0 Å². The first-order valence-corrected chi connectivity index (χ1v) is 8.93. The number of anilines is 1. The molecule has 2 N–H and O–H groups in total. The van der Waals surface area contributed by atoms with Crippen LogP contribution in [0.15, 0.2) is 17.8 Å². The molecule has 1 aliphatic rings. The number of rotatable bonds is 5. The molecule has 0 atom stereocenters. The van der Waals surface area contributed by atoms with Gasteiger partial charge in [0.25, 0.3) is 0 Å². The van der Waals surface area contributed by atoms with Crippen LogP contribution in [0.4, 0.5) is 5.82 Å². The van der Waals surface area contributed by atoms with E-state index in [1.54, 1.807) is 17.7 Å². The van der Waals surface area contributed by atoms with Crippen molar-refractivity contribution in [1.82, 2.24) is 9.97 Å². The summed E-state index contributed by atoms with van der Waals surface area (Å²) in [6.45, 7) is 1.74. The Morgan fingerprint density at radius 2 is 2.00 bits per heavy atom. The first kappa shape index (κ1) is 14.7. The lowest BCUT2D eigenvalue weighted by Crippen LogP contribution is -2.37. The summed E-state index contributed by atoms with van der Waals surface area (Å²) in [7, 11) is 0. The molecule has 2 aromatic heterocycles. The highest BCUT2D eigenvalue weighted by molar-refractivity contribution is 7.17. The van der Waals surface area contributed by atoms with Gasteiger partial charge in [-0.25, -0.2) is 9.97 Å². The van der Waals surface area contributed by atoms with Crippen LogP contribution in [0.3, 0.4) is 0 Å². The van der Waals surface area contributed by atoms with E-state index in [4.69, 9.17) is 5.73 Å². The van der Waals surface area contributed by atoms with Gasteiger partial charge in [0.2, 0.25) is 0 Å². The van der Waals surface area contributed by atoms with Gasteiger partial charge in [0, 0.05) is 12.6 Å². The van der Waals surface area contributed by atoms with Gasteiger partial charge in [0.1, 0.15) is 12.1 Å². The van der Waals surface area contributed by atoms with Crippen LogP contribution in [0.1, 0.15) is 44.9 Å². The molecular formula is C16H24N4S. The molecule has 114 valence electrons. The molecule has 2 heterocycles. The minimum Gasteiger partial charge on any atom is -0.352 e. The fourth-order valence-corrected chi connectivity index (χ4v) is 4.12. The average molecular weight is 304 g/mol. The standard InChI is InChI=1S/C16H24N4S/c17-9-5-10-20(13-6-3-1-2-4-7-13)16-15-14(8-11-21-15)18-12-19-16/h8,11-13H,1-7,9-10,17H2. The lowest BCUT2D eigenvalue weighted by atomic mass is 10.1. The number of nitrogens with two attached hydrogens (primary N) is 1. The summed E-state index contributed by atoms with van der Waals surface area (Å²) in [5.41, 5.74) is 6.82. The number of aromatic nitrogens is 2. The Morgan fingerprint density at radius 1 is 1.19 bits per heavy atom. The second-order valence-electron chi connectivity index (χ2n) is 5.81. The minimum atomic E-state index is 0.610. The maximum absolute atomic E-state index is 5.75. The van der Waals surface area contributed by atoms with Gasteiger partial charge in [-0.2, -0.15) is 0 Å². The zero-order valence-corrected chi connectivity index (χ0v) is 13.3. The number of thiophene rings is 1. The minimum absolute atomic E-state index is 0.610. The smallest absolute Gasteiger partial charge is 0.150 e. The van der Waals surface area contributed by atoms with Gasteiger partial charge >= 0.3 is 0 Å². The second-order valence-corrected chi connectivity index (χ2v) is 6.73. The van der Waals surface area contributed by atoms with Gasteiger partial charge in [0.15, 0.2) is 0 Å². The third kappa shape index (κ3) is 3.35. The predicted octanol–water partition coefficient (Wildman–Crippen LogP) is 3.57. The normalized spacial score (nSPS) is 17.0.